The molecule has 0 aliphatic carbocycles. The van der Waals surface area contributed by atoms with Crippen molar-refractivity contribution in [3.63, 3.8) is 0 Å². The fourth-order valence-electron chi connectivity index (χ4n) is 2.00. The van der Waals surface area contributed by atoms with Crippen molar-refractivity contribution in [2.45, 2.75) is 19.0 Å². The summed E-state index contributed by atoms with van der Waals surface area (Å²) in [6.45, 7) is 2.53. The monoisotopic (exact) mass is 363 g/mol. The van der Waals surface area contributed by atoms with Crippen LogP contribution >= 0.6 is 31.9 Å². The fourth-order valence-corrected chi connectivity index (χ4v) is 3.28. The molecule has 1 fully saturated rings. The van der Waals surface area contributed by atoms with Crippen molar-refractivity contribution in [2.24, 2.45) is 0 Å². The highest BCUT2D eigenvalue weighted by atomic mass is 79.9. The standard InChI is InChI=1S/C12H15Br2NO2/c1-15(9-2-3-17-7-9)6-8-4-10(13)12(16)11(14)5-8/h4-5,9,16H,2-3,6-7H2,1H3. The smallest absolute Gasteiger partial charge is 0.143 e. The number of phenolic OH excluding ortho intramolecular Hbond substituents is 1. The Morgan fingerprint density at radius 2 is 2.06 bits per heavy atom. The summed E-state index contributed by atoms with van der Waals surface area (Å²) < 4.78 is 6.82. The molecule has 94 valence electrons. The third-order valence-electron chi connectivity index (χ3n) is 3.04. The average Bonchev–Trinajstić information content (AvgIpc) is 2.79. The number of halogens is 2. The van der Waals surface area contributed by atoms with E-state index < -0.39 is 0 Å². The number of benzene rings is 1. The number of nitrogens with zero attached hydrogens (tertiary/aromatic N) is 1. The molecule has 1 atom stereocenters. The van der Waals surface area contributed by atoms with E-state index in [-0.39, 0.29) is 5.75 Å². The Bertz CT molecular complexity index is 382. The molecule has 5 heteroatoms. The first-order valence-corrected chi connectivity index (χ1v) is 7.11. The van der Waals surface area contributed by atoms with Crippen LogP contribution in [0.1, 0.15) is 12.0 Å². The summed E-state index contributed by atoms with van der Waals surface area (Å²) in [6, 6.07) is 4.40. The molecule has 0 aromatic heterocycles. The van der Waals surface area contributed by atoms with Crippen LogP contribution in [0.15, 0.2) is 21.1 Å². The zero-order chi connectivity index (χ0) is 12.4. The Labute approximate surface area is 118 Å². The molecular weight excluding hydrogens is 350 g/mol. The molecule has 17 heavy (non-hydrogen) atoms. The van der Waals surface area contributed by atoms with Gasteiger partial charge in [0, 0.05) is 19.2 Å². The first-order chi connectivity index (χ1) is 8.08. The number of phenols is 1. The van der Waals surface area contributed by atoms with Gasteiger partial charge in [-0.2, -0.15) is 0 Å². The van der Waals surface area contributed by atoms with Crippen LogP contribution in [0, 0.1) is 0 Å². The molecule has 0 bridgehead atoms. The zero-order valence-corrected chi connectivity index (χ0v) is 12.8. The Kier molecular flexibility index (Phi) is 4.47. The maximum Gasteiger partial charge on any atom is 0.143 e. The lowest BCUT2D eigenvalue weighted by Gasteiger charge is -2.23. The Morgan fingerprint density at radius 1 is 1.41 bits per heavy atom. The van der Waals surface area contributed by atoms with E-state index >= 15 is 0 Å². The van der Waals surface area contributed by atoms with E-state index in [4.69, 9.17) is 4.74 Å². The first kappa shape index (κ1) is 13.3. The third-order valence-corrected chi connectivity index (χ3v) is 4.25. The van der Waals surface area contributed by atoms with Gasteiger partial charge >= 0.3 is 0 Å². The SMILES string of the molecule is CN(Cc1cc(Br)c(O)c(Br)c1)C1CCOC1. The number of hydrogen-bond acceptors (Lipinski definition) is 3. The first-order valence-electron chi connectivity index (χ1n) is 5.53. The van der Waals surface area contributed by atoms with Gasteiger partial charge < -0.3 is 9.84 Å². The molecule has 1 aliphatic heterocycles. The van der Waals surface area contributed by atoms with Crippen LogP contribution in [0.3, 0.4) is 0 Å². The van der Waals surface area contributed by atoms with Gasteiger partial charge in [-0.25, -0.2) is 0 Å². The topological polar surface area (TPSA) is 32.7 Å². The molecule has 1 aromatic rings. The van der Waals surface area contributed by atoms with Crippen LogP contribution in [0.5, 0.6) is 5.75 Å². The van der Waals surface area contributed by atoms with Gasteiger partial charge in [0.1, 0.15) is 5.75 Å². The summed E-state index contributed by atoms with van der Waals surface area (Å²) >= 11 is 6.69. The van der Waals surface area contributed by atoms with E-state index in [0.717, 1.165) is 40.7 Å². The van der Waals surface area contributed by atoms with Crippen LogP contribution in [0.4, 0.5) is 0 Å². The predicted molar refractivity (Wildman–Crippen MR) is 74.2 cm³/mol. The normalized spacial score (nSPS) is 20.1. The maximum absolute atomic E-state index is 9.65. The summed E-state index contributed by atoms with van der Waals surface area (Å²) in [5.74, 6) is 0.251. The lowest BCUT2D eigenvalue weighted by molar-refractivity contribution is 0.156. The minimum Gasteiger partial charge on any atom is -0.506 e. The minimum atomic E-state index is 0.251. The van der Waals surface area contributed by atoms with Gasteiger partial charge in [-0.3, -0.25) is 4.90 Å². The Hall–Kier alpha value is -0.100. The largest absolute Gasteiger partial charge is 0.506 e. The summed E-state index contributed by atoms with van der Waals surface area (Å²) in [5, 5.41) is 9.65. The molecule has 1 N–H and O–H groups in total. The van der Waals surface area contributed by atoms with Crippen molar-refractivity contribution in [1.82, 2.24) is 4.90 Å². The van der Waals surface area contributed by atoms with Gasteiger partial charge in [-0.15, -0.1) is 0 Å². The molecule has 3 nitrogen and oxygen atoms in total. The highest BCUT2D eigenvalue weighted by molar-refractivity contribution is 9.11. The van der Waals surface area contributed by atoms with Crippen LogP contribution in [0.25, 0.3) is 0 Å². The van der Waals surface area contributed by atoms with Gasteiger partial charge in [0.2, 0.25) is 0 Å². The molecule has 0 radical (unpaired) electrons. The van der Waals surface area contributed by atoms with Crippen LogP contribution < -0.4 is 0 Å². The number of hydrogen-bond donors (Lipinski definition) is 1. The van der Waals surface area contributed by atoms with Gasteiger partial charge in [0.05, 0.1) is 15.6 Å². The number of aromatic hydroxyl groups is 1. The van der Waals surface area contributed by atoms with E-state index in [0.29, 0.717) is 6.04 Å². The Morgan fingerprint density at radius 3 is 2.59 bits per heavy atom. The second kappa shape index (κ2) is 5.69. The minimum absolute atomic E-state index is 0.251. The molecule has 1 heterocycles. The molecule has 2 rings (SSSR count). The lowest BCUT2D eigenvalue weighted by Crippen LogP contribution is -2.31. The summed E-state index contributed by atoms with van der Waals surface area (Å²) in [5.41, 5.74) is 1.16. The van der Waals surface area contributed by atoms with Crippen molar-refractivity contribution in [3.8, 4) is 5.75 Å². The summed E-state index contributed by atoms with van der Waals surface area (Å²) in [7, 11) is 2.11. The van der Waals surface area contributed by atoms with Crippen LogP contribution in [-0.2, 0) is 11.3 Å². The molecule has 0 saturated carbocycles. The van der Waals surface area contributed by atoms with E-state index in [1.165, 1.54) is 0 Å². The maximum atomic E-state index is 9.65. The molecule has 0 amide bonds. The van der Waals surface area contributed by atoms with Crippen molar-refractivity contribution in [2.75, 3.05) is 20.3 Å². The highest BCUT2D eigenvalue weighted by Crippen LogP contribution is 2.33. The van der Waals surface area contributed by atoms with Crippen LogP contribution in [-0.4, -0.2) is 36.3 Å². The fraction of sp³-hybridized carbons (Fsp3) is 0.500. The van der Waals surface area contributed by atoms with Gasteiger partial charge in [-0.05, 0) is 63.0 Å². The van der Waals surface area contributed by atoms with Crippen molar-refractivity contribution < 1.29 is 9.84 Å². The second-order valence-electron chi connectivity index (χ2n) is 4.34. The third kappa shape index (κ3) is 3.22. The number of ether oxygens (including phenoxy) is 1. The molecule has 0 spiro atoms. The van der Waals surface area contributed by atoms with Gasteiger partial charge in [-0.1, -0.05) is 0 Å². The number of rotatable bonds is 3. The molecular formula is C12H15Br2NO2. The second-order valence-corrected chi connectivity index (χ2v) is 6.05. The van der Waals surface area contributed by atoms with Crippen molar-refractivity contribution >= 4 is 31.9 Å². The van der Waals surface area contributed by atoms with Crippen molar-refractivity contribution in [1.29, 1.82) is 0 Å². The Balaban J connectivity index is 2.07. The lowest BCUT2D eigenvalue weighted by atomic mass is 10.1. The molecule has 1 saturated heterocycles. The highest BCUT2D eigenvalue weighted by Gasteiger charge is 2.20. The summed E-state index contributed by atoms with van der Waals surface area (Å²) in [4.78, 5) is 2.29. The average molecular weight is 365 g/mol. The molecule has 1 aliphatic rings. The van der Waals surface area contributed by atoms with E-state index in [1.807, 2.05) is 12.1 Å². The van der Waals surface area contributed by atoms with E-state index in [1.54, 1.807) is 0 Å². The molecule has 1 aromatic carbocycles. The van der Waals surface area contributed by atoms with Crippen molar-refractivity contribution in [3.05, 3.63) is 26.6 Å². The quantitative estimate of drug-likeness (QED) is 0.894. The van der Waals surface area contributed by atoms with Gasteiger partial charge in [0.25, 0.3) is 0 Å². The van der Waals surface area contributed by atoms with E-state index in [2.05, 4.69) is 43.8 Å². The molecule has 1 unspecified atom stereocenters. The van der Waals surface area contributed by atoms with E-state index in [9.17, 15) is 5.11 Å². The predicted octanol–water partition coefficient (Wildman–Crippen LogP) is 3.14. The zero-order valence-electron chi connectivity index (χ0n) is 9.62. The number of likely N-dealkylation sites (N-methyl/N-ethyl adjacent to an activating group) is 1. The summed E-state index contributed by atoms with van der Waals surface area (Å²) in [6.07, 6.45) is 1.09. The van der Waals surface area contributed by atoms with Crippen LogP contribution in [0.2, 0.25) is 0 Å². The van der Waals surface area contributed by atoms with Gasteiger partial charge in [0.15, 0.2) is 0 Å².